The molecule has 1 aromatic carbocycles. The van der Waals surface area contributed by atoms with Gasteiger partial charge in [-0.25, -0.2) is 0 Å². The van der Waals surface area contributed by atoms with E-state index in [1.807, 2.05) is 0 Å². The van der Waals surface area contributed by atoms with E-state index >= 15 is 0 Å². The van der Waals surface area contributed by atoms with Gasteiger partial charge in [0.15, 0.2) is 0 Å². The van der Waals surface area contributed by atoms with E-state index in [0.717, 1.165) is 11.0 Å². The van der Waals surface area contributed by atoms with Gasteiger partial charge >= 0.3 is 0 Å². The lowest BCUT2D eigenvalue weighted by Gasteiger charge is -2.30. The lowest BCUT2D eigenvalue weighted by atomic mass is 10.1. The van der Waals surface area contributed by atoms with E-state index in [4.69, 9.17) is 39.9 Å². The first-order valence-electron chi connectivity index (χ1n) is 11.5. The Balaban J connectivity index is 0. The van der Waals surface area contributed by atoms with Crippen molar-refractivity contribution in [2.75, 3.05) is 20.6 Å². The van der Waals surface area contributed by atoms with E-state index in [1.54, 1.807) is 0 Å². The molecule has 0 aliphatic carbocycles. The summed E-state index contributed by atoms with van der Waals surface area (Å²) in [6, 6.07) is 10.9. The minimum atomic E-state index is -1.59. The summed E-state index contributed by atoms with van der Waals surface area (Å²) >= 11 is 15.9. The average molecular weight is 517 g/mol. The SMILES string of the molecule is CC(C)(O)C(Cl)(Cl)Cl.CCCCCCCCCCCC[N+](C)(C)Cc1ccccc1.[Cl-]. The van der Waals surface area contributed by atoms with Gasteiger partial charge in [-0.2, -0.15) is 0 Å². The van der Waals surface area contributed by atoms with E-state index in [1.165, 1.54) is 90.2 Å². The third-order valence-electron chi connectivity index (χ3n) is 5.26. The van der Waals surface area contributed by atoms with Gasteiger partial charge in [0.05, 0.1) is 20.6 Å². The number of hydrogen-bond donors (Lipinski definition) is 1. The standard InChI is InChI=1S/C21H38N.C4H7Cl3O.ClH/c1-4-5-6-7-8-9-10-11-12-16-19-22(2,3)20-21-17-14-13-15-18-21;1-3(2,8)4(5,6)7;/h13-15,17-18H,4-12,16,19-20H2,1-3H3;8H,1-2H3;1H/q+1;;/p-1. The van der Waals surface area contributed by atoms with Crippen molar-refractivity contribution in [1.82, 2.24) is 0 Å². The van der Waals surface area contributed by atoms with Crippen LogP contribution >= 0.6 is 34.8 Å². The van der Waals surface area contributed by atoms with Crippen LogP contribution in [0.15, 0.2) is 30.3 Å². The van der Waals surface area contributed by atoms with Gasteiger partial charge in [0.1, 0.15) is 12.1 Å². The molecule has 1 rings (SSSR count). The number of hydrogen-bond acceptors (Lipinski definition) is 1. The molecule has 0 atom stereocenters. The van der Waals surface area contributed by atoms with Crippen LogP contribution in [0.3, 0.4) is 0 Å². The molecular formula is C25H45Cl4NO. The molecule has 0 fully saturated rings. The van der Waals surface area contributed by atoms with Crippen molar-refractivity contribution in [2.45, 2.75) is 101 Å². The molecule has 6 heteroatoms. The highest BCUT2D eigenvalue weighted by Crippen LogP contribution is 2.37. The van der Waals surface area contributed by atoms with Gasteiger partial charge in [0, 0.05) is 5.56 Å². The van der Waals surface area contributed by atoms with Crippen LogP contribution in [0.4, 0.5) is 0 Å². The Morgan fingerprint density at radius 1 is 0.774 bits per heavy atom. The summed E-state index contributed by atoms with van der Waals surface area (Å²) in [6.07, 6.45) is 14.2. The van der Waals surface area contributed by atoms with Crippen molar-refractivity contribution >= 4 is 34.8 Å². The molecular weight excluding hydrogens is 472 g/mol. The second kappa shape index (κ2) is 17.7. The fourth-order valence-electron chi connectivity index (χ4n) is 3.18. The number of benzene rings is 1. The van der Waals surface area contributed by atoms with Crippen molar-refractivity contribution < 1.29 is 22.0 Å². The first-order valence-corrected chi connectivity index (χ1v) is 12.7. The Labute approximate surface area is 213 Å². The normalized spacial score (nSPS) is 12.0. The second-order valence-electron chi connectivity index (χ2n) is 9.54. The minimum absolute atomic E-state index is 0. The summed E-state index contributed by atoms with van der Waals surface area (Å²) < 4.78 is -0.478. The van der Waals surface area contributed by atoms with Gasteiger partial charge in [0.25, 0.3) is 0 Å². The molecule has 0 amide bonds. The number of unbranched alkanes of at least 4 members (excludes halogenated alkanes) is 9. The van der Waals surface area contributed by atoms with Crippen LogP contribution in [-0.2, 0) is 6.54 Å². The molecule has 1 N–H and O–H groups in total. The molecule has 0 radical (unpaired) electrons. The van der Waals surface area contributed by atoms with Crippen molar-refractivity contribution in [3.63, 3.8) is 0 Å². The number of nitrogens with zero attached hydrogens (tertiary/aromatic N) is 1. The fraction of sp³-hybridized carbons (Fsp3) is 0.760. The third-order valence-corrected chi connectivity index (χ3v) is 6.65. The molecule has 0 spiro atoms. The maximum Gasteiger partial charge on any atom is 0.218 e. The minimum Gasteiger partial charge on any atom is -1.00 e. The van der Waals surface area contributed by atoms with Gasteiger partial charge in [0.2, 0.25) is 3.79 Å². The van der Waals surface area contributed by atoms with Gasteiger partial charge in [-0.15, -0.1) is 0 Å². The molecule has 0 aliphatic heterocycles. The van der Waals surface area contributed by atoms with Gasteiger partial charge in [-0.1, -0.05) is 123 Å². The number of quaternary nitrogens is 1. The van der Waals surface area contributed by atoms with Crippen LogP contribution in [0.1, 0.15) is 90.5 Å². The van der Waals surface area contributed by atoms with Gasteiger partial charge < -0.3 is 22.0 Å². The van der Waals surface area contributed by atoms with Crippen molar-refractivity contribution in [3.05, 3.63) is 35.9 Å². The van der Waals surface area contributed by atoms with Crippen molar-refractivity contribution in [2.24, 2.45) is 0 Å². The predicted octanol–water partition coefficient (Wildman–Crippen LogP) is 5.32. The zero-order chi connectivity index (χ0) is 23.1. The zero-order valence-electron chi connectivity index (χ0n) is 20.3. The van der Waals surface area contributed by atoms with E-state index in [-0.39, 0.29) is 12.4 Å². The number of alkyl halides is 3. The number of halogens is 4. The Morgan fingerprint density at radius 3 is 1.55 bits per heavy atom. The lowest BCUT2D eigenvalue weighted by Crippen LogP contribution is -3.00. The van der Waals surface area contributed by atoms with Crippen LogP contribution in [0.2, 0.25) is 0 Å². The van der Waals surface area contributed by atoms with Crippen LogP contribution in [0.25, 0.3) is 0 Å². The predicted molar refractivity (Wildman–Crippen MR) is 136 cm³/mol. The fourth-order valence-corrected chi connectivity index (χ4v) is 3.18. The molecule has 1 aromatic rings. The molecule has 184 valence electrons. The molecule has 0 unspecified atom stereocenters. The summed E-state index contributed by atoms with van der Waals surface area (Å²) in [4.78, 5) is 0. The van der Waals surface area contributed by atoms with E-state index in [2.05, 4.69) is 51.4 Å². The molecule has 0 saturated carbocycles. The molecule has 0 saturated heterocycles. The van der Waals surface area contributed by atoms with Gasteiger partial charge in [-0.3, -0.25) is 0 Å². The van der Waals surface area contributed by atoms with Crippen molar-refractivity contribution in [3.8, 4) is 0 Å². The summed E-state index contributed by atoms with van der Waals surface area (Å²) in [5, 5.41) is 8.96. The van der Waals surface area contributed by atoms with E-state index in [0.29, 0.717) is 0 Å². The molecule has 0 heterocycles. The Morgan fingerprint density at radius 2 is 1.16 bits per heavy atom. The first-order chi connectivity index (χ1) is 13.9. The highest BCUT2D eigenvalue weighted by Gasteiger charge is 2.38. The van der Waals surface area contributed by atoms with E-state index in [9.17, 15) is 0 Å². The summed E-state index contributed by atoms with van der Waals surface area (Å²) in [7, 11) is 4.72. The van der Waals surface area contributed by atoms with Crippen LogP contribution in [-0.4, -0.2) is 39.6 Å². The molecule has 0 bridgehead atoms. The summed E-state index contributed by atoms with van der Waals surface area (Å²) in [5.41, 5.74) is 0.192. The van der Waals surface area contributed by atoms with Gasteiger partial charge in [-0.05, 0) is 26.7 Å². The van der Waals surface area contributed by atoms with Crippen LogP contribution in [0.5, 0.6) is 0 Å². The highest BCUT2D eigenvalue weighted by atomic mass is 35.6. The number of rotatable bonds is 13. The molecule has 0 aliphatic rings. The Kier molecular flexibility index (Phi) is 19.1. The molecule has 2 nitrogen and oxygen atoms in total. The van der Waals surface area contributed by atoms with Crippen LogP contribution < -0.4 is 12.4 Å². The summed E-state index contributed by atoms with van der Waals surface area (Å²) in [5.74, 6) is 0. The largest absolute Gasteiger partial charge is 1.00 e. The molecule has 31 heavy (non-hydrogen) atoms. The monoisotopic (exact) mass is 515 g/mol. The first kappa shape index (κ1) is 33.5. The quantitative estimate of drug-likeness (QED) is 0.214. The summed E-state index contributed by atoms with van der Waals surface area (Å²) in [6.45, 7) is 7.60. The lowest BCUT2D eigenvalue weighted by molar-refractivity contribution is -0.903. The zero-order valence-corrected chi connectivity index (χ0v) is 23.3. The second-order valence-corrected chi connectivity index (χ2v) is 11.8. The third kappa shape index (κ3) is 19.5. The highest BCUT2D eigenvalue weighted by molar-refractivity contribution is 6.68. The smallest absolute Gasteiger partial charge is 0.218 e. The molecule has 0 aromatic heterocycles. The Bertz CT molecular complexity index is 513. The van der Waals surface area contributed by atoms with Crippen LogP contribution in [0, 0.1) is 0 Å². The maximum absolute atomic E-state index is 8.96. The van der Waals surface area contributed by atoms with Crippen molar-refractivity contribution in [1.29, 1.82) is 0 Å². The Hall–Kier alpha value is 0.300. The topological polar surface area (TPSA) is 20.2 Å². The number of aliphatic hydroxyl groups is 1. The average Bonchev–Trinajstić information content (AvgIpc) is 2.62. The van der Waals surface area contributed by atoms with E-state index < -0.39 is 9.39 Å². The maximum atomic E-state index is 8.96.